The highest BCUT2D eigenvalue weighted by atomic mass is 19.1. The van der Waals surface area contributed by atoms with Crippen molar-refractivity contribution >= 4 is 5.91 Å². The number of aliphatic hydroxyl groups is 1. The van der Waals surface area contributed by atoms with Crippen LogP contribution in [0.15, 0.2) is 24.3 Å². The van der Waals surface area contributed by atoms with E-state index >= 15 is 0 Å². The van der Waals surface area contributed by atoms with Gasteiger partial charge in [-0.1, -0.05) is 6.07 Å². The van der Waals surface area contributed by atoms with Crippen LogP contribution in [0.25, 0.3) is 0 Å². The second-order valence-electron chi connectivity index (χ2n) is 3.70. The number of carbonyl (C=O) groups excluding carboxylic acids is 1. The van der Waals surface area contributed by atoms with Gasteiger partial charge in [0.2, 0.25) is 0 Å². The number of hydrogen-bond donors (Lipinski definition) is 2. The molecular weight excluding hydrogens is 213 g/mol. The normalized spacial score (nSPS) is 24.4. The standard InChI is InChI=1S/C11H12FNO3/c12-8-3-1-2-7(4-8)11(15)13-9-5-16-6-10(9)14/h1-4,9-10,14H,5-6H2,(H,13,15)/t9-,10-/m1/s1. The minimum absolute atomic E-state index is 0.216. The first-order valence-corrected chi connectivity index (χ1v) is 4.99. The number of hydrogen-bond acceptors (Lipinski definition) is 3. The van der Waals surface area contributed by atoms with Gasteiger partial charge in [-0.15, -0.1) is 0 Å². The highest BCUT2D eigenvalue weighted by Gasteiger charge is 2.27. The minimum Gasteiger partial charge on any atom is -0.388 e. The molecule has 1 saturated heterocycles. The first kappa shape index (κ1) is 11.0. The number of halogens is 1. The molecule has 1 aliphatic heterocycles. The maximum Gasteiger partial charge on any atom is 0.251 e. The first-order valence-electron chi connectivity index (χ1n) is 4.99. The van der Waals surface area contributed by atoms with E-state index < -0.39 is 23.9 Å². The van der Waals surface area contributed by atoms with Gasteiger partial charge in [-0.2, -0.15) is 0 Å². The molecule has 4 nitrogen and oxygen atoms in total. The van der Waals surface area contributed by atoms with E-state index in [0.717, 1.165) is 6.07 Å². The topological polar surface area (TPSA) is 58.6 Å². The molecule has 1 amide bonds. The molecule has 5 heteroatoms. The summed E-state index contributed by atoms with van der Waals surface area (Å²) >= 11 is 0. The van der Waals surface area contributed by atoms with Crippen LogP contribution >= 0.6 is 0 Å². The largest absolute Gasteiger partial charge is 0.388 e. The summed E-state index contributed by atoms with van der Waals surface area (Å²) in [6.45, 7) is 0.496. The SMILES string of the molecule is O=C(N[C@@H]1COC[C@H]1O)c1cccc(F)c1. The zero-order chi connectivity index (χ0) is 11.5. The highest BCUT2D eigenvalue weighted by molar-refractivity contribution is 5.94. The fourth-order valence-electron chi connectivity index (χ4n) is 1.56. The lowest BCUT2D eigenvalue weighted by molar-refractivity contribution is 0.0886. The van der Waals surface area contributed by atoms with E-state index in [1.807, 2.05) is 0 Å². The molecule has 0 spiro atoms. The summed E-state index contributed by atoms with van der Waals surface area (Å²) in [6.07, 6.45) is -0.697. The molecular formula is C11H12FNO3. The van der Waals surface area contributed by atoms with Gasteiger partial charge in [0.15, 0.2) is 0 Å². The number of ether oxygens (including phenoxy) is 1. The van der Waals surface area contributed by atoms with Gasteiger partial charge in [-0.05, 0) is 18.2 Å². The average molecular weight is 225 g/mol. The summed E-state index contributed by atoms with van der Waals surface area (Å²) in [5, 5.41) is 12.0. The molecule has 1 fully saturated rings. The van der Waals surface area contributed by atoms with Crippen molar-refractivity contribution in [3.63, 3.8) is 0 Å². The monoisotopic (exact) mass is 225 g/mol. The molecule has 86 valence electrons. The molecule has 0 unspecified atom stereocenters. The van der Waals surface area contributed by atoms with E-state index in [1.165, 1.54) is 18.2 Å². The van der Waals surface area contributed by atoms with Crippen molar-refractivity contribution < 1.29 is 19.0 Å². The maximum absolute atomic E-state index is 12.9. The van der Waals surface area contributed by atoms with Crippen LogP contribution < -0.4 is 5.32 Å². The molecule has 2 rings (SSSR count). The number of amides is 1. The Morgan fingerprint density at radius 1 is 1.50 bits per heavy atom. The Bertz CT molecular complexity index is 397. The van der Waals surface area contributed by atoms with E-state index in [2.05, 4.69) is 5.32 Å². The Labute approximate surface area is 92.0 Å². The summed E-state index contributed by atoms with van der Waals surface area (Å²) < 4.78 is 17.9. The number of aliphatic hydroxyl groups excluding tert-OH is 1. The number of carbonyl (C=O) groups is 1. The fraction of sp³-hybridized carbons (Fsp3) is 0.364. The van der Waals surface area contributed by atoms with Crippen LogP contribution in [0.1, 0.15) is 10.4 Å². The molecule has 0 aromatic heterocycles. The predicted octanol–water partition coefficient (Wildman–Crippen LogP) is 0.315. The van der Waals surface area contributed by atoms with Crippen LogP contribution in [0.4, 0.5) is 4.39 Å². The smallest absolute Gasteiger partial charge is 0.251 e. The lowest BCUT2D eigenvalue weighted by Gasteiger charge is -2.14. The minimum atomic E-state index is -0.697. The van der Waals surface area contributed by atoms with Crippen molar-refractivity contribution in [2.45, 2.75) is 12.1 Å². The summed E-state index contributed by atoms with van der Waals surface area (Å²) in [6, 6.07) is 4.98. The van der Waals surface area contributed by atoms with E-state index in [0.29, 0.717) is 0 Å². The Balaban J connectivity index is 2.03. The number of benzene rings is 1. The van der Waals surface area contributed by atoms with Crippen LogP contribution in [0.5, 0.6) is 0 Å². The van der Waals surface area contributed by atoms with Gasteiger partial charge < -0.3 is 15.2 Å². The molecule has 1 heterocycles. The zero-order valence-electron chi connectivity index (χ0n) is 8.52. The molecule has 16 heavy (non-hydrogen) atoms. The number of rotatable bonds is 2. The third kappa shape index (κ3) is 2.37. The van der Waals surface area contributed by atoms with E-state index in [4.69, 9.17) is 4.74 Å². The maximum atomic E-state index is 12.9. The second-order valence-corrected chi connectivity index (χ2v) is 3.70. The van der Waals surface area contributed by atoms with Crippen LogP contribution in [-0.4, -0.2) is 36.4 Å². The summed E-state index contributed by atoms with van der Waals surface area (Å²) in [4.78, 5) is 11.7. The van der Waals surface area contributed by atoms with E-state index in [-0.39, 0.29) is 18.8 Å². The quantitative estimate of drug-likeness (QED) is 0.761. The van der Waals surface area contributed by atoms with Gasteiger partial charge in [0, 0.05) is 5.56 Å². The highest BCUT2D eigenvalue weighted by Crippen LogP contribution is 2.08. The third-order valence-corrected chi connectivity index (χ3v) is 2.45. The molecule has 0 radical (unpaired) electrons. The van der Waals surface area contributed by atoms with Crippen molar-refractivity contribution in [2.24, 2.45) is 0 Å². The van der Waals surface area contributed by atoms with Gasteiger partial charge in [-0.25, -0.2) is 4.39 Å². The van der Waals surface area contributed by atoms with Crippen molar-refractivity contribution in [1.29, 1.82) is 0 Å². The van der Waals surface area contributed by atoms with Crippen LogP contribution in [0.3, 0.4) is 0 Å². The summed E-state index contributed by atoms with van der Waals surface area (Å²) in [7, 11) is 0. The Hall–Kier alpha value is -1.46. The molecule has 2 N–H and O–H groups in total. The van der Waals surface area contributed by atoms with Crippen LogP contribution in [-0.2, 0) is 4.74 Å². The van der Waals surface area contributed by atoms with Crippen molar-refractivity contribution in [1.82, 2.24) is 5.32 Å². The Morgan fingerprint density at radius 3 is 2.94 bits per heavy atom. The average Bonchev–Trinajstić information content (AvgIpc) is 2.64. The molecule has 1 aliphatic rings. The molecule has 0 bridgehead atoms. The first-order chi connectivity index (χ1) is 7.66. The third-order valence-electron chi connectivity index (χ3n) is 2.45. The zero-order valence-corrected chi connectivity index (χ0v) is 8.52. The number of nitrogens with one attached hydrogen (secondary N) is 1. The lowest BCUT2D eigenvalue weighted by Crippen LogP contribution is -2.42. The van der Waals surface area contributed by atoms with Crippen LogP contribution in [0, 0.1) is 5.82 Å². The summed E-state index contributed by atoms with van der Waals surface area (Å²) in [5.41, 5.74) is 0.235. The lowest BCUT2D eigenvalue weighted by atomic mass is 10.1. The Morgan fingerprint density at radius 2 is 2.31 bits per heavy atom. The van der Waals surface area contributed by atoms with Crippen molar-refractivity contribution in [2.75, 3.05) is 13.2 Å². The van der Waals surface area contributed by atoms with Crippen molar-refractivity contribution in [3.05, 3.63) is 35.6 Å². The van der Waals surface area contributed by atoms with E-state index in [9.17, 15) is 14.3 Å². The van der Waals surface area contributed by atoms with Gasteiger partial charge in [0.1, 0.15) is 5.82 Å². The van der Waals surface area contributed by atoms with Gasteiger partial charge >= 0.3 is 0 Å². The second kappa shape index (κ2) is 4.59. The fourth-order valence-corrected chi connectivity index (χ4v) is 1.56. The van der Waals surface area contributed by atoms with Crippen LogP contribution in [0.2, 0.25) is 0 Å². The predicted molar refractivity (Wildman–Crippen MR) is 54.5 cm³/mol. The molecule has 1 aromatic carbocycles. The van der Waals surface area contributed by atoms with E-state index in [1.54, 1.807) is 0 Å². The van der Waals surface area contributed by atoms with Gasteiger partial charge in [0.25, 0.3) is 5.91 Å². The molecule has 0 aliphatic carbocycles. The summed E-state index contributed by atoms with van der Waals surface area (Å²) in [5.74, 6) is -0.870. The Kier molecular flexibility index (Phi) is 3.17. The molecule has 0 saturated carbocycles. The molecule has 1 aromatic rings. The molecule has 2 atom stereocenters. The van der Waals surface area contributed by atoms with Gasteiger partial charge in [0.05, 0.1) is 25.4 Å². The van der Waals surface area contributed by atoms with Gasteiger partial charge in [-0.3, -0.25) is 4.79 Å². The van der Waals surface area contributed by atoms with Crippen molar-refractivity contribution in [3.8, 4) is 0 Å².